The highest BCUT2D eigenvalue weighted by Crippen LogP contribution is 2.35. The highest BCUT2D eigenvalue weighted by atomic mass is 16.8. The highest BCUT2D eigenvalue weighted by molar-refractivity contribution is 5.87. The van der Waals surface area contributed by atoms with Crippen LogP contribution in [0.1, 0.15) is 43.9 Å². The Labute approximate surface area is 433 Å². The van der Waals surface area contributed by atoms with Crippen molar-refractivity contribution >= 4 is 5.97 Å². The van der Waals surface area contributed by atoms with Crippen LogP contribution < -0.4 is 0 Å². The number of methoxy groups -OCH3 is 1. The average molecular weight is 1000 g/mol. The first-order chi connectivity index (χ1) is 36.6. The van der Waals surface area contributed by atoms with Crippen molar-refractivity contribution in [2.45, 2.75) is 101 Å². The maximum atomic E-state index is 14.3. The molecular formula is C61H63NO12. The van der Waals surface area contributed by atoms with Crippen molar-refractivity contribution in [1.29, 1.82) is 0 Å². The van der Waals surface area contributed by atoms with Crippen molar-refractivity contribution < 1.29 is 56.9 Å². The molecule has 0 saturated carbocycles. The number of ether oxygens (including phenoxy) is 11. The second kappa shape index (κ2) is 27.7. The van der Waals surface area contributed by atoms with E-state index < -0.39 is 67.4 Å². The van der Waals surface area contributed by atoms with Crippen LogP contribution in [0.4, 0.5) is 0 Å². The Kier molecular flexibility index (Phi) is 19.6. The maximum absolute atomic E-state index is 14.3. The van der Waals surface area contributed by atoms with Crippen molar-refractivity contribution in [3.05, 3.63) is 245 Å². The van der Waals surface area contributed by atoms with Gasteiger partial charge in [0, 0.05) is 13.3 Å². The van der Waals surface area contributed by atoms with Crippen LogP contribution in [-0.4, -0.2) is 92.7 Å². The van der Waals surface area contributed by atoms with Gasteiger partial charge in [0.05, 0.1) is 52.9 Å². The summed E-state index contributed by atoms with van der Waals surface area (Å²) in [5, 5.41) is 0. The Morgan fingerprint density at radius 3 is 1.18 bits per heavy atom. The van der Waals surface area contributed by atoms with Gasteiger partial charge in [0.15, 0.2) is 18.7 Å². The van der Waals surface area contributed by atoms with Gasteiger partial charge in [0.2, 0.25) is 0 Å². The standard InChI is InChI=1S/C61H63NO12/c1-64-60-57(70-41-49-32-18-7-19-33-49)55(68-39-47-28-14-5-15-29-47)54(67-38-46-26-12-4-13-27-46)52(72-60)43-71-61-58(74-59(63)50-34-20-21-35-62-50)56(69-40-48-30-16-6-17-31-48)53(66-37-45-24-10-3-11-25-45)51(73-61)42-65-36-44-22-8-2-9-23-44/h2-35,51-58,60-61H,36-43H2,1H3/t51-,52-,53-,54-,55+,56+,57-,58-,60+,61-/m1/s1. The Morgan fingerprint density at radius 2 is 0.757 bits per heavy atom. The fourth-order valence-corrected chi connectivity index (χ4v) is 8.99. The number of hydrogen-bond acceptors (Lipinski definition) is 13. The minimum absolute atomic E-state index is 0.0740. The van der Waals surface area contributed by atoms with E-state index >= 15 is 0 Å². The highest BCUT2D eigenvalue weighted by Gasteiger charge is 2.53. The Balaban J connectivity index is 1.06. The molecule has 74 heavy (non-hydrogen) atoms. The molecule has 6 aromatic carbocycles. The number of nitrogens with zero attached hydrogens (tertiary/aromatic N) is 1. The smallest absolute Gasteiger partial charge is 0.357 e. The van der Waals surface area contributed by atoms with Gasteiger partial charge in [-0.3, -0.25) is 0 Å². The summed E-state index contributed by atoms with van der Waals surface area (Å²) in [7, 11) is 1.57. The molecule has 0 aliphatic carbocycles. The number of pyridine rings is 1. The molecule has 2 aliphatic heterocycles. The van der Waals surface area contributed by atoms with E-state index in [-0.39, 0.29) is 51.9 Å². The van der Waals surface area contributed by atoms with Crippen molar-refractivity contribution in [1.82, 2.24) is 4.98 Å². The number of esters is 1. The summed E-state index contributed by atoms with van der Waals surface area (Å²) in [6, 6.07) is 64.2. The van der Waals surface area contributed by atoms with Crippen molar-refractivity contribution in [3.63, 3.8) is 0 Å². The second-order valence-corrected chi connectivity index (χ2v) is 18.0. The second-order valence-electron chi connectivity index (χ2n) is 18.0. The molecule has 2 fully saturated rings. The van der Waals surface area contributed by atoms with Crippen LogP contribution in [0.2, 0.25) is 0 Å². The van der Waals surface area contributed by atoms with Crippen LogP contribution in [0.15, 0.2) is 206 Å². The molecule has 9 rings (SSSR count). The SMILES string of the molecule is CO[C@H]1O[C@H](CO[C@@H]2O[C@H](COCc3ccccc3)[C@@H](OCc3ccccc3)[C@H](OCc3ccccc3)[C@H]2OC(=O)c2ccccn2)[C@@H](OCc2ccccc2)[C@H](OCc2ccccc2)[C@H]1OCc1ccccc1. The molecule has 0 unspecified atom stereocenters. The first-order valence-corrected chi connectivity index (χ1v) is 25.0. The van der Waals surface area contributed by atoms with Gasteiger partial charge in [-0.2, -0.15) is 0 Å². The summed E-state index contributed by atoms with van der Waals surface area (Å²) in [5.41, 5.74) is 5.78. The first kappa shape index (κ1) is 52.4. The lowest BCUT2D eigenvalue weighted by atomic mass is 9.97. The van der Waals surface area contributed by atoms with Gasteiger partial charge in [0.1, 0.15) is 48.4 Å². The minimum Gasteiger partial charge on any atom is -0.449 e. The summed E-state index contributed by atoms with van der Waals surface area (Å²) in [6.07, 6.45) is -7.57. The Morgan fingerprint density at radius 1 is 0.392 bits per heavy atom. The summed E-state index contributed by atoms with van der Waals surface area (Å²) in [4.78, 5) is 18.6. The lowest BCUT2D eigenvalue weighted by molar-refractivity contribution is -0.346. The molecule has 2 saturated heterocycles. The Hall–Kier alpha value is -6.46. The van der Waals surface area contributed by atoms with Gasteiger partial charge < -0.3 is 52.1 Å². The van der Waals surface area contributed by atoms with E-state index in [1.54, 1.807) is 25.3 Å². The van der Waals surface area contributed by atoms with E-state index in [0.29, 0.717) is 6.61 Å². The van der Waals surface area contributed by atoms with Gasteiger partial charge in [0.25, 0.3) is 0 Å². The van der Waals surface area contributed by atoms with Crippen LogP contribution in [0.3, 0.4) is 0 Å². The topological polar surface area (TPSA) is 131 Å². The van der Waals surface area contributed by atoms with Gasteiger partial charge in [-0.05, 0) is 45.5 Å². The van der Waals surface area contributed by atoms with Crippen LogP contribution in [0.5, 0.6) is 0 Å². The van der Waals surface area contributed by atoms with Crippen molar-refractivity contribution in [2.75, 3.05) is 20.3 Å². The predicted molar refractivity (Wildman–Crippen MR) is 275 cm³/mol. The van der Waals surface area contributed by atoms with Crippen molar-refractivity contribution in [2.24, 2.45) is 0 Å². The molecule has 10 atom stereocenters. The minimum atomic E-state index is -1.26. The third kappa shape index (κ3) is 14.9. The average Bonchev–Trinajstić information content (AvgIpc) is 3.46. The monoisotopic (exact) mass is 1000 g/mol. The third-order valence-electron chi connectivity index (χ3n) is 12.8. The zero-order valence-corrected chi connectivity index (χ0v) is 41.4. The molecule has 0 amide bonds. The molecule has 3 heterocycles. The molecule has 13 nitrogen and oxygen atoms in total. The van der Waals surface area contributed by atoms with Gasteiger partial charge in [-0.1, -0.05) is 188 Å². The van der Waals surface area contributed by atoms with E-state index in [0.717, 1.165) is 33.4 Å². The van der Waals surface area contributed by atoms with Crippen LogP contribution in [0.25, 0.3) is 0 Å². The molecule has 384 valence electrons. The lowest BCUT2D eigenvalue weighted by Crippen LogP contribution is -2.64. The number of carbonyl (C=O) groups excluding carboxylic acids is 1. The first-order valence-electron chi connectivity index (χ1n) is 25.0. The molecule has 2 aliphatic rings. The molecule has 1 aromatic heterocycles. The van der Waals surface area contributed by atoms with Gasteiger partial charge >= 0.3 is 5.97 Å². The molecule has 0 radical (unpaired) electrons. The van der Waals surface area contributed by atoms with Crippen LogP contribution in [-0.2, 0) is 91.7 Å². The molecule has 0 spiro atoms. The maximum Gasteiger partial charge on any atom is 0.357 e. The predicted octanol–water partition coefficient (Wildman–Crippen LogP) is 9.86. The number of hydrogen-bond donors (Lipinski definition) is 0. The summed E-state index contributed by atoms with van der Waals surface area (Å²) in [6.45, 7) is 1.32. The van der Waals surface area contributed by atoms with Crippen molar-refractivity contribution in [3.8, 4) is 0 Å². The Bertz CT molecular complexity index is 2660. The fraction of sp³-hybridized carbons (Fsp3) is 0.311. The molecule has 0 N–H and O–H groups in total. The van der Waals surface area contributed by atoms with Gasteiger partial charge in [-0.15, -0.1) is 0 Å². The third-order valence-corrected chi connectivity index (χ3v) is 12.8. The number of carbonyl (C=O) groups is 1. The largest absolute Gasteiger partial charge is 0.449 e. The molecule has 13 heteroatoms. The normalized spacial score (nSPS) is 23.7. The van der Waals surface area contributed by atoms with E-state index in [2.05, 4.69) is 4.98 Å². The summed E-state index contributed by atoms with van der Waals surface area (Å²) in [5.74, 6) is -0.702. The zero-order chi connectivity index (χ0) is 50.6. The zero-order valence-electron chi connectivity index (χ0n) is 41.4. The van der Waals surface area contributed by atoms with E-state index in [1.807, 2.05) is 182 Å². The molecular weight excluding hydrogens is 939 g/mol. The quantitative estimate of drug-likeness (QED) is 0.0504. The fourth-order valence-electron chi connectivity index (χ4n) is 8.99. The van der Waals surface area contributed by atoms with Crippen LogP contribution in [0, 0.1) is 0 Å². The summed E-state index contributed by atoms with van der Waals surface area (Å²) < 4.78 is 74.0. The lowest BCUT2D eigenvalue weighted by Gasteiger charge is -2.47. The molecule has 0 bridgehead atoms. The van der Waals surface area contributed by atoms with Gasteiger partial charge in [-0.25, -0.2) is 9.78 Å². The number of rotatable bonds is 25. The van der Waals surface area contributed by atoms with Crippen LogP contribution >= 0.6 is 0 Å². The van der Waals surface area contributed by atoms with E-state index in [9.17, 15) is 4.79 Å². The number of aromatic nitrogens is 1. The number of benzene rings is 6. The molecule has 7 aromatic rings. The summed E-state index contributed by atoms with van der Waals surface area (Å²) >= 11 is 0. The van der Waals surface area contributed by atoms with E-state index in [1.165, 1.54) is 6.20 Å². The van der Waals surface area contributed by atoms with E-state index in [4.69, 9.17) is 52.1 Å².